The van der Waals surface area contributed by atoms with Crippen molar-refractivity contribution in [1.82, 2.24) is 5.16 Å². The molecular formula is C18H10F3NO2S. The third-order valence-electron chi connectivity index (χ3n) is 3.56. The predicted octanol–water partition coefficient (Wildman–Crippen LogP) is 4.94. The van der Waals surface area contributed by atoms with Crippen molar-refractivity contribution in [3.8, 4) is 22.9 Å². The summed E-state index contributed by atoms with van der Waals surface area (Å²) in [5, 5.41) is 3.50. The number of aromatic nitrogens is 1. The summed E-state index contributed by atoms with van der Waals surface area (Å²) in [7, 11) is 0. The molecule has 0 atom stereocenters. The van der Waals surface area contributed by atoms with E-state index in [9.17, 15) is 18.0 Å². The van der Waals surface area contributed by atoms with Crippen molar-refractivity contribution < 1.29 is 22.5 Å². The first-order valence-electron chi connectivity index (χ1n) is 7.06. The lowest BCUT2D eigenvalue weighted by Gasteiger charge is -2.01. The molecule has 0 fully saturated rings. The number of hydrogen-bond acceptors (Lipinski definition) is 4. The van der Waals surface area contributed by atoms with Gasteiger partial charge in [-0.3, -0.25) is 4.79 Å². The summed E-state index contributed by atoms with van der Waals surface area (Å²) in [6.45, 7) is 1.29. The number of rotatable bonds is 3. The van der Waals surface area contributed by atoms with Crippen molar-refractivity contribution in [2.75, 3.05) is 0 Å². The Morgan fingerprint density at radius 1 is 1.20 bits per heavy atom. The number of halogens is 3. The molecule has 0 unspecified atom stereocenters. The Kier molecular flexibility index (Phi) is 4.23. The molecule has 0 aliphatic rings. The summed E-state index contributed by atoms with van der Waals surface area (Å²) in [6, 6.07) is 9.63. The molecular weight excluding hydrogens is 351 g/mol. The molecule has 126 valence electrons. The van der Waals surface area contributed by atoms with Crippen molar-refractivity contribution in [1.29, 1.82) is 0 Å². The van der Waals surface area contributed by atoms with E-state index in [1.165, 1.54) is 6.92 Å². The standard InChI is InChI=1S/C18H10F3NO2S/c1-3-11-4-6-12(7-5-11)16(23)14-9-8-13(25-14)15-10(2)17(24-22-15)18(19,20)21/h1,4-9H,2H3. The Morgan fingerprint density at radius 2 is 1.88 bits per heavy atom. The van der Waals surface area contributed by atoms with Crippen LogP contribution in [0.3, 0.4) is 0 Å². The molecule has 0 bridgehead atoms. The number of benzene rings is 1. The van der Waals surface area contributed by atoms with Gasteiger partial charge in [-0.25, -0.2) is 0 Å². The van der Waals surface area contributed by atoms with Gasteiger partial charge >= 0.3 is 6.18 Å². The van der Waals surface area contributed by atoms with Gasteiger partial charge in [-0.15, -0.1) is 17.8 Å². The molecule has 0 saturated carbocycles. The highest BCUT2D eigenvalue weighted by molar-refractivity contribution is 7.17. The molecule has 25 heavy (non-hydrogen) atoms. The number of carbonyl (C=O) groups excluding carboxylic acids is 1. The van der Waals surface area contributed by atoms with E-state index in [1.807, 2.05) is 0 Å². The third kappa shape index (κ3) is 3.21. The summed E-state index contributed by atoms with van der Waals surface area (Å²) in [5.41, 5.74) is 1.08. The number of alkyl halides is 3. The van der Waals surface area contributed by atoms with Crippen LogP contribution in [0.25, 0.3) is 10.6 Å². The largest absolute Gasteiger partial charge is 0.452 e. The van der Waals surface area contributed by atoms with Gasteiger partial charge in [0.1, 0.15) is 5.69 Å². The maximum atomic E-state index is 12.8. The quantitative estimate of drug-likeness (QED) is 0.490. The van der Waals surface area contributed by atoms with E-state index >= 15 is 0 Å². The van der Waals surface area contributed by atoms with Gasteiger partial charge in [-0.05, 0) is 43.3 Å². The fourth-order valence-electron chi connectivity index (χ4n) is 2.28. The van der Waals surface area contributed by atoms with E-state index in [0.29, 0.717) is 20.9 Å². The number of hydrogen-bond donors (Lipinski definition) is 0. The van der Waals surface area contributed by atoms with Crippen molar-refractivity contribution in [3.05, 3.63) is 63.7 Å². The molecule has 0 amide bonds. The highest BCUT2D eigenvalue weighted by Crippen LogP contribution is 2.38. The molecule has 2 aromatic heterocycles. The number of carbonyl (C=O) groups is 1. The Balaban J connectivity index is 1.91. The second-order valence-electron chi connectivity index (χ2n) is 5.20. The predicted molar refractivity (Wildman–Crippen MR) is 87.4 cm³/mol. The Labute approximate surface area is 145 Å². The minimum Gasteiger partial charge on any atom is -0.351 e. The summed E-state index contributed by atoms with van der Waals surface area (Å²) >= 11 is 1.06. The van der Waals surface area contributed by atoms with E-state index in [4.69, 9.17) is 6.42 Å². The number of nitrogens with zero attached hydrogens (tertiary/aromatic N) is 1. The maximum absolute atomic E-state index is 12.8. The van der Waals surface area contributed by atoms with Crippen molar-refractivity contribution >= 4 is 17.1 Å². The number of terminal acetylenes is 1. The van der Waals surface area contributed by atoms with Gasteiger partial charge in [0, 0.05) is 16.7 Å². The summed E-state index contributed by atoms with van der Waals surface area (Å²) in [6.07, 6.45) is 0.666. The van der Waals surface area contributed by atoms with Gasteiger partial charge in [-0.1, -0.05) is 11.1 Å². The smallest absolute Gasteiger partial charge is 0.351 e. The fraction of sp³-hybridized carbons (Fsp3) is 0.111. The van der Waals surface area contributed by atoms with E-state index in [-0.39, 0.29) is 17.0 Å². The monoisotopic (exact) mass is 361 g/mol. The second kappa shape index (κ2) is 6.22. The van der Waals surface area contributed by atoms with E-state index in [2.05, 4.69) is 15.6 Å². The van der Waals surface area contributed by atoms with Crippen LogP contribution in [0, 0.1) is 19.3 Å². The summed E-state index contributed by atoms with van der Waals surface area (Å²) < 4.78 is 42.8. The lowest BCUT2D eigenvalue weighted by atomic mass is 10.1. The van der Waals surface area contributed by atoms with E-state index in [1.54, 1.807) is 36.4 Å². The minimum atomic E-state index is -4.61. The molecule has 3 nitrogen and oxygen atoms in total. The Bertz CT molecular complexity index is 975. The molecule has 0 radical (unpaired) electrons. The Morgan fingerprint density at radius 3 is 2.44 bits per heavy atom. The first-order valence-corrected chi connectivity index (χ1v) is 7.88. The molecule has 2 heterocycles. The third-order valence-corrected chi connectivity index (χ3v) is 4.65. The van der Waals surface area contributed by atoms with Crippen LogP contribution in [0.15, 0.2) is 40.9 Å². The van der Waals surface area contributed by atoms with Crippen LogP contribution in [0.5, 0.6) is 0 Å². The molecule has 3 rings (SSSR count). The summed E-state index contributed by atoms with van der Waals surface area (Å²) in [4.78, 5) is 13.3. The molecule has 0 saturated heterocycles. The topological polar surface area (TPSA) is 43.1 Å². The van der Waals surface area contributed by atoms with Crippen molar-refractivity contribution in [3.63, 3.8) is 0 Å². The van der Waals surface area contributed by atoms with Gasteiger partial charge in [0.15, 0.2) is 0 Å². The van der Waals surface area contributed by atoms with Crippen molar-refractivity contribution in [2.45, 2.75) is 13.1 Å². The average Bonchev–Trinajstić information content (AvgIpc) is 3.20. The first kappa shape index (κ1) is 17.0. The zero-order chi connectivity index (χ0) is 18.2. The van der Waals surface area contributed by atoms with Crippen LogP contribution in [-0.4, -0.2) is 10.9 Å². The molecule has 0 aliphatic heterocycles. The number of ketones is 1. The van der Waals surface area contributed by atoms with Gasteiger partial charge in [0.2, 0.25) is 11.5 Å². The van der Waals surface area contributed by atoms with Gasteiger partial charge in [0.25, 0.3) is 0 Å². The lowest BCUT2D eigenvalue weighted by molar-refractivity contribution is -0.156. The normalized spacial score (nSPS) is 11.3. The fourth-order valence-corrected chi connectivity index (χ4v) is 3.28. The zero-order valence-corrected chi connectivity index (χ0v) is 13.7. The van der Waals surface area contributed by atoms with Gasteiger partial charge < -0.3 is 4.52 Å². The molecule has 1 aromatic carbocycles. The minimum absolute atomic E-state index is 0.0825. The van der Waals surface area contributed by atoms with Gasteiger partial charge in [-0.2, -0.15) is 13.2 Å². The van der Waals surface area contributed by atoms with Crippen LogP contribution in [0.1, 0.15) is 32.1 Å². The SMILES string of the molecule is C#Cc1ccc(C(=O)c2ccc(-c3noc(C(F)(F)F)c3C)s2)cc1. The van der Waals surface area contributed by atoms with Crippen LogP contribution in [0.4, 0.5) is 13.2 Å². The molecule has 3 aromatic rings. The van der Waals surface area contributed by atoms with Crippen LogP contribution in [-0.2, 0) is 6.18 Å². The molecule has 0 N–H and O–H groups in total. The first-order chi connectivity index (χ1) is 11.8. The van der Waals surface area contributed by atoms with Crippen LogP contribution >= 0.6 is 11.3 Å². The highest BCUT2D eigenvalue weighted by atomic mass is 32.1. The highest BCUT2D eigenvalue weighted by Gasteiger charge is 2.39. The second-order valence-corrected chi connectivity index (χ2v) is 6.28. The van der Waals surface area contributed by atoms with Gasteiger partial charge in [0.05, 0.1) is 9.75 Å². The van der Waals surface area contributed by atoms with E-state index in [0.717, 1.165) is 11.3 Å². The Hall–Kier alpha value is -2.85. The molecule has 0 spiro atoms. The maximum Gasteiger partial charge on any atom is 0.452 e. The van der Waals surface area contributed by atoms with Crippen LogP contribution in [0.2, 0.25) is 0 Å². The average molecular weight is 361 g/mol. The zero-order valence-electron chi connectivity index (χ0n) is 12.8. The van der Waals surface area contributed by atoms with E-state index < -0.39 is 11.9 Å². The number of thiophene rings is 1. The summed E-state index contributed by atoms with van der Waals surface area (Å²) in [5.74, 6) is 1.09. The molecule has 7 heteroatoms. The van der Waals surface area contributed by atoms with Crippen molar-refractivity contribution in [2.24, 2.45) is 0 Å². The molecule has 0 aliphatic carbocycles. The lowest BCUT2D eigenvalue weighted by Crippen LogP contribution is -2.04. The van der Waals surface area contributed by atoms with Crippen LogP contribution < -0.4 is 0 Å².